The molecule has 0 aliphatic carbocycles. The molecule has 0 amide bonds. The first-order chi connectivity index (χ1) is 12.9. The van der Waals surface area contributed by atoms with Crippen LogP contribution in [-0.2, 0) is 19.4 Å². The summed E-state index contributed by atoms with van der Waals surface area (Å²) < 4.78 is 34.7. The Hall–Kier alpha value is 0.500. The summed E-state index contributed by atoms with van der Waals surface area (Å²) in [5.41, 5.74) is 0. The molecule has 0 aromatic rings. The monoisotopic (exact) mass is 430 g/mol. The Morgan fingerprint density at radius 2 is 1.18 bits per heavy atom. The van der Waals surface area contributed by atoms with Gasteiger partial charge >= 0.3 is 29.6 Å². The number of unbranched alkanes of at least 4 members (excludes halogenated alkanes) is 14. The van der Waals surface area contributed by atoms with Crippen LogP contribution in [0.4, 0.5) is 0 Å². The fourth-order valence-electron chi connectivity index (χ4n) is 3.08. The standard InChI is InChI=1S/C20H40O6S.Na/c1-2-3-4-5-6-7-8-9-10-11-12-13-14-15-16-17-19(21)20(22)18-26-27(23,24)25;/h20,22H,2-18H2,1H3,(H,23,24,25);/q;+1/p-1. The fraction of sp³-hybridized carbons (Fsp3) is 0.950. The maximum atomic E-state index is 11.6. The van der Waals surface area contributed by atoms with Gasteiger partial charge in [-0.15, -0.1) is 0 Å². The minimum Gasteiger partial charge on any atom is -0.726 e. The van der Waals surface area contributed by atoms with Crippen molar-refractivity contribution < 1.29 is 56.6 Å². The molecule has 0 bridgehead atoms. The molecular formula is C20H39NaO6S. The molecule has 0 aliphatic rings. The quantitative estimate of drug-likeness (QED) is 0.136. The van der Waals surface area contributed by atoms with Crippen molar-refractivity contribution >= 4 is 16.2 Å². The average molecular weight is 431 g/mol. The minimum absolute atomic E-state index is 0. The van der Waals surface area contributed by atoms with Crippen LogP contribution >= 0.6 is 0 Å². The molecule has 0 aromatic heterocycles. The Morgan fingerprint density at radius 3 is 1.54 bits per heavy atom. The number of rotatable bonds is 20. The molecule has 0 saturated heterocycles. The van der Waals surface area contributed by atoms with Crippen molar-refractivity contribution in [2.45, 2.75) is 116 Å². The molecular weight excluding hydrogens is 391 g/mol. The van der Waals surface area contributed by atoms with Gasteiger partial charge in [-0.05, 0) is 6.42 Å². The maximum absolute atomic E-state index is 11.6. The van der Waals surface area contributed by atoms with Gasteiger partial charge in [-0.2, -0.15) is 0 Å². The van der Waals surface area contributed by atoms with E-state index in [4.69, 9.17) is 0 Å². The van der Waals surface area contributed by atoms with Gasteiger partial charge in [0.05, 0.1) is 6.61 Å². The van der Waals surface area contributed by atoms with Crippen molar-refractivity contribution in [2.24, 2.45) is 0 Å². The first-order valence-electron chi connectivity index (χ1n) is 10.7. The maximum Gasteiger partial charge on any atom is 1.00 e. The van der Waals surface area contributed by atoms with Gasteiger partial charge < -0.3 is 9.66 Å². The second-order valence-corrected chi connectivity index (χ2v) is 8.43. The number of aliphatic hydroxyl groups excluding tert-OH is 1. The third-order valence-electron chi connectivity index (χ3n) is 4.77. The molecule has 0 aliphatic heterocycles. The second-order valence-electron chi connectivity index (χ2n) is 7.37. The third-order valence-corrected chi connectivity index (χ3v) is 5.19. The van der Waals surface area contributed by atoms with E-state index in [0.29, 0.717) is 6.42 Å². The number of hydrogen-bond donors (Lipinski definition) is 1. The largest absolute Gasteiger partial charge is 1.00 e. The van der Waals surface area contributed by atoms with E-state index in [1.165, 1.54) is 70.6 Å². The van der Waals surface area contributed by atoms with Crippen molar-refractivity contribution in [3.8, 4) is 0 Å². The van der Waals surface area contributed by atoms with Crippen LogP contribution in [0.5, 0.6) is 0 Å². The minimum atomic E-state index is -4.87. The predicted molar refractivity (Wildman–Crippen MR) is 106 cm³/mol. The molecule has 6 nitrogen and oxygen atoms in total. The smallest absolute Gasteiger partial charge is 0.726 e. The number of Topliss-reactive ketones (excluding diaryl/α,β-unsaturated/α-hetero) is 1. The molecule has 0 fully saturated rings. The molecule has 8 heteroatoms. The van der Waals surface area contributed by atoms with E-state index in [0.717, 1.165) is 19.3 Å². The zero-order chi connectivity index (χ0) is 20.4. The molecule has 0 rings (SSSR count). The SMILES string of the molecule is CCCCCCCCCCCCCCCCCC(=O)C(O)COS(=O)(=O)[O-].[Na+]. The van der Waals surface area contributed by atoms with Crippen molar-refractivity contribution in [1.82, 2.24) is 0 Å². The van der Waals surface area contributed by atoms with Gasteiger partial charge in [0.15, 0.2) is 5.78 Å². The van der Waals surface area contributed by atoms with Crippen molar-refractivity contribution in [3.05, 3.63) is 0 Å². The van der Waals surface area contributed by atoms with Gasteiger partial charge in [0.2, 0.25) is 10.4 Å². The number of ketones is 1. The third kappa shape index (κ3) is 22.8. The topological polar surface area (TPSA) is 104 Å². The van der Waals surface area contributed by atoms with Gasteiger partial charge in [0.25, 0.3) is 0 Å². The molecule has 28 heavy (non-hydrogen) atoms. The van der Waals surface area contributed by atoms with Crippen LogP contribution in [0.15, 0.2) is 0 Å². The summed E-state index contributed by atoms with van der Waals surface area (Å²) in [4.78, 5) is 11.6. The normalized spacial score (nSPS) is 12.5. The van der Waals surface area contributed by atoms with Crippen molar-refractivity contribution in [1.29, 1.82) is 0 Å². The van der Waals surface area contributed by atoms with Crippen LogP contribution in [0.1, 0.15) is 110 Å². The number of aliphatic hydroxyl groups is 1. The number of carbonyl (C=O) groups is 1. The molecule has 0 spiro atoms. The molecule has 1 atom stereocenters. The van der Waals surface area contributed by atoms with Crippen LogP contribution in [0.3, 0.4) is 0 Å². The van der Waals surface area contributed by atoms with E-state index in [2.05, 4.69) is 11.1 Å². The first-order valence-corrected chi connectivity index (χ1v) is 12.0. The Balaban J connectivity index is 0. The average Bonchev–Trinajstić information content (AvgIpc) is 2.62. The summed E-state index contributed by atoms with van der Waals surface area (Å²) in [6.07, 6.45) is 17.1. The van der Waals surface area contributed by atoms with Crippen LogP contribution in [0, 0.1) is 0 Å². The van der Waals surface area contributed by atoms with E-state index in [1.807, 2.05) is 0 Å². The summed E-state index contributed by atoms with van der Waals surface area (Å²) in [5, 5.41) is 9.42. The van der Waals surface area contributed by atoms with E-state index in [-0.39, 0.29) is 36.0 Å². The zero-order valence-electron chi connectivity index (χ0n) is 18.0. The van der Waals surface area contributed by atoms with Gasteiger partial charge in [-0.1, -0.05) is 96.8 Å². The molecule has 0 heterocycles. The van der Waals surface area contributed by atoms with Crippen LogP contribution in [0.25, 0.3) is 0 Å². The molecule has 162 valence electrons. The number of hydrogen-bond acceptors (Lipinski definition) is 6. The zero-order valence-corrected chi connectivity index (χ0v) is 20.8. The molecule has 0 aromatic carbocycles. The van der Waals surface area contributed by atoms with E-state index >= 15 is 0 Å². The fourth-order valence-corrected chi connectivity index (χ4v) is 3.37. The van der Waals surface area contributed by atoms with Crippen molar-refractivity contribution in [3.63, 3.8) is 0 Å². The van der Waals surface area contributed by atoms with E-state index < -0.39 is 28.9 Å². The molecule has 1 unspecified atom stereocenters. The van der Waals surface area contributed by atoms with Crippen LogP contribution in [-0.4, -0.2) is 36.6 Å². The van der Waals surface area contributed by atoms with Crippen LogP contribution < -0.4 is 29.6 Å². The summed E-state index contributed by atoms with van der Waals surface area (Å²) >= 11 is 0. The summed E-state index contributed by atoms with van der Waals surface area (Å²) in [5.74, 6) is -0.478. The Kier molecular flexibility index (Phi) is 22.8. The molecule has 0 radical (unpaired) electrons. The molecule has 1 N–H and O–H groups in total. The Labute approximate surface area is 194 Å². The Morgan fingerprint density at radius 1 is 0.821 bits per heavy atom. The first kappa shape index (κ1) is 30.7. The summed E-state index contributed by atoms with van der Waals surface area (Å²) in [7, 11) is -4.87. The van der Waals surface area contributed by atoms with Crippen molar-refractivity contribution in [2.75, 3.05) is 6.61 Å². The summed E-state index contributed by atoms with van der Waals surface area (Å²) in [6, 6.07) is 0. The van der Waals surface area contributed by atoms with Gasteiger partial charge in [-0.25, -0.2) is 8.42 Å². The second kappa shape index (κ2) is 20.8. The van der Waals surface area contributed by atoms with Crippen LogP contribution in [0.2, 0.25) is 0 Å². The van der Waals surface area contributed by atoms with E-state index in [1.54, 1.807) is 0 Å². The number of carbonyl (C=O) groups excluding carboxylic acids is 1. The van der Waals surface area contributed by atoms with Gasteiger partial charge in [-0.3, -0.25) is 8.98 Å². The summed E-state index contributed by atoms with van der Waals surface area (Å²) in [6.45, 7) is 1.46. The van der Waals surface area contributed by atoms with Gasteiger partial charge in [0, 0.05) is 6.42 Å². The van der Waals surface area contributed by atoms with Gasteiger partial charge in [0.1, 0.15) is 6.10 Å². The van der Waals surface area contributed by atoms with E-state index in [9.17, 15) is 22.9 Å². The molecule has 0 saturated carbocycles. The Bertz CT molecular complexity index is 456. The predicted octanol–water partition coefficient (Wildman–Crippen LogP) is 1.66.